The molecule has 0 fully saturated rings. The zero-order valence-corrected chi connectivity index (χ0v) is 14.3. The number of ether oxygens (including phenoxy) is 2. The Bertz CT molecular complexity index is 417. The van der Waals surface area contributed by atoms with E-state index in [1.807, 2.05) is 0 Å². The van der Waals surface area contributed by atoms with Gasteiger partial charge in [0.25, 0.3) is 0 Å². The van der Waals surface area contributed by atoms with Crippen molar-refractivity contribution in [1.82, 2.24) is 5.32 Å². The van der Waals surface area contributed by atoms with Gasteiger partial charge in [-0.25, -0.2) is 4.57 Å². The van der Waals surface area contributed by atoms with Gasteiger partial charge in [-0.3, -0.25) is 24.0 Å². The highest BCUT2D eigenvalue weighted by Gasteiger charge is 2.25. The topological polar surface area (TPSA) is 141 Å². The first-order chi connectivity index (χ1) is 10.7. The van der Waals surface area contributed by atoms with Crippen molar-refractivity contribution >= 4 is 19.8 Å². The smallest absolute Gasteiger partial charge is 0.462 e. The number of aliphatic hydroxyl groups excluding tert-OH is 1. The van der Waals surface area contributed by atoms with Crippen LogP contribution in [0.25, 0.3) is 0 Å². The molecule has 0 aliphatic carbocycles. The first kappa shape index (κ1) is 22.0. The number of rotatable bonds is 12. The van der Waals surface area contributed by atoms with Gasteiger partial charge in [-0.05, 0) is 6.42 Å². The molecule has 0 spiro atoms. The summed E-state index contributed by atoms with van der Waals surface area (Å²) in [6, 6.07) is 0. The first-order valence-electron chi connectivity index (χ1n) is 7.00. The van der Waals surface area contributed by atoms with Crippen molar-refractivity contribution in [3.8, 4) is 0 Å². The Morgan fingerprint density at radius 3 is 2.35 bits per heavy atom. The highest BCUT2D eigenvalue weighted by molar-refractivity contribution is 7.47. The third kappa shape index (κ3) is 13.1. The average molecular weight is 357 g/mol. The molecule has 0 aromatic carbocycles. The molecule has 11 heteroatoms. The van der Waals surface area contributed by atoms with Crippen LogP contribution < -0.4 is 5.32 Å². The molecule has 0 aromatic rings. The number of carbonyl (C=O) groups excluding carboxylic acids is 2. The van der Waals surface area contributed by atoms with E-state index in [0.717, 1.165) is 6.92 Å². The minimum atomic E-state index is -4.36. The fourth-order valence-corrected chi connectivity index (χ4v) is 2.06. The Hall–Kier alpha value is -1.03. The van der Waals surface area contributed by atoms with E-state index in [1.54, 1.807) is 6.92 Å². The third-order valence-corrected chi connectivity index (χ3v) is 3.34. The standard InChI is InChI=1S/C12H24NO9P/c1-4-12(16)13-5-6-20-23(17,18)21-8-11(22-10(3)15)7-19-9(2)14/h11-13,16H,4-8H2,1-3H3,(H,17,18). The summed E-state index contributed by atoms with van der Waals surface area (Å²) in [5, 5.41) is 11.9. The molecular formula is C12H24NO9P. The van der Waals surface area contributed by atoms with E-state index in [-0.39, 0.29) is 19.8 Å². The monoisotopic (exact) mass is 357 g/mol. The van der Waals surface area contributed by atoms with E-state index in [4.69, 9.17) is 4.74 Å². The van der Waals surface area contributed by atoms with Crippen molar-refractivity contribution in [2.45, 2.75) is 39.5 Å². The summed E-state index contributed by atoms with van der Waals surface area (Å²) in [4.78, 5) is 31.1. The van der Waals surface area contributed by atoms with Gasteiger partial charge in [0.15, 0.2) is 6.10 Å². The lowest BCUT2D eigenvalue weighted by atomic mass is 10.4. The zero-order valence-electron chi connectivity index (χ0n) is 13.4. The van der Waals surface area contributed by atoms with E-state index in [1.165, 1.54) is 6.92 Å². The van der Waals surface area contributed by atoms with Crippen LogP contribution in [0.3, 0.4) is 0 Å². The van der Waals surface area contributed by atoms with Gasteiger partial charge in [0, 0.05) is 20.4 Å². The lowest BCUT2D eigenvalue weighted by molar-refractivity contribution is -0.158. The molecule has 0 bridgehead atoms. The maximum absolute atomic E-state index is 11.6. The molecule has 0 heterocycles. The normalized spacial score (nSPS) is 16.2. The maximum Gasteiger partial charge on any atom is 0.472 e. The Morgan fingerprint density at radius 1 is 1.17 bits per heavy atom. The minimum Gasteiger partial charge on any atom is -0.462 e. The second kappa shape index (κ2) is 11.5. The summed E-state index contributed by atoms with van der Waals surface area (Å²) in [5.74, 6) is -1.25. The second-order valence-corrected chi connectivity index (χ2v) is 5.96. The number of hydrogen-bond donors (Lipinski definition) is 3. The van der Waals surface area contributed by atoms with Crippen LogP contribution in [0.4, 0.5) is 0 Å². The molecular weight excluding hydrogens is 333 g/mol. The Morgan fingerprint density at radius 2 is 1.83 bits per heavy atom. The largest absolute Gasteiger partial charge is 0.472 e. The van der Waals surface area contributed by atoms with Crippen molar-refractivity contribution in [2.75, 3.05) is 26.4 Å². The number of hydrogen-bond acceptors (Lipinski definition) is 9. The van der Waals surface area contributed by atoms with Crippen LogP contribution >= 0.6 is 7.82 Å². The Labute approximate surface area is 134 Å². The van der Waals surface area contributed by atoms with Crippen LogP contribution in [0.1, 0.15) is 27.2 Å². The number of phosphoric acid groups is 1. The zero-order chi connectivity index (χ0) is 17.9. The number of esters is 2. The number of aliphatic hydroxyl groups is 1. The van der Waals surface area contributed by atoms with Crippen LogP contribution in [0.2, 0.25) is 0 Å². The van der Waals surface area contributed by atoms with Gasteiger partial charge in [0.05, 0.1) is 13.2 Å². The molecule has 3 unspecified atom stereocenters. The quantitative estimate of drug-likeness (QED) is 0.188. The molecule has 10 nitrogen and oxygen atoms in total. The van der Waals surface area contributed by atoms with E-state index in [9.17, 15) is 24.2 Å². The van der Waals surface area contributed by atoms with Crippen LogP contribution in [0.15, 0.2) is 0 Å². The molecule has 0 rings (SSSR count). The van der Waals surface area contributed by atoms with Crippen molar-refractivity contribution < 1.29 is 42.7 Å². The lowest BCUT2D eigenvalue weighted by Crippen LogP contribution is -2.31. The van der Waals surface area contributed by atoms with Crippen LogP contribution in [0.5, 0.6) is 0 Å². The lowest BCUT2D eigenvalue weighted by Gasteiger charge is -2.19. The highest BCUT2D eigenvalue weighted by Crippen LogP contribution is 2.43. The van der Waals surface area contributed by atoms with Gasteiger partial charge in [0.1, 0.15) is 12.8 Å². The molecule has 0 amide bonds. The summed E-state index contributed by atoms with van der Waals surface area (Å²) in [5.41, 5.74) is 0. The van der Waals surface area contributed by atoms with Gasteiger partial charge in [-0.2, -0.15) is 0 Å². The Kier molecular flexibility index (Phi) is 11.0. The van der Waals surface area contributed by atoms with Gasteiger partial charge in [0.2, 0.25) is 0 Å². The molecule has 0 aliphatic rings. The molecule has 3 atom stereocenters. The van der Waals surface area contributed by atoms with E-state index in [2.05, 4.69) is 19.1 Å². The molecule has 0 radical (unpaired) electrons. The van der Waals surface area contributed by atoms with Crippen LogP contribution in [0, 0.1) is 0 Å². The van der Waals surface area contributed by atoms with Crippen molar-refractivity contribution in [3.05, 3.63) is 0 Å². The Balaban J connectivity index is 4.19. The number of carbonyl (C=O) groups is 2. The van der Waals surface area contributed by atoms with Crippen molar-refractivity contribution in [3.63, 3.8) is 0 Å². The molecule has 23 heavy (non-hydrogen) atoms. The molecule has 3 N–H and O–H groups in total. The van der Waals surface area contributed by atoms with Gasteiger partial charge >= 0.3 is 19.8 Å². The molecule has 0 aliphatic heterocycles. The predicted octanol–water partition coefficient (Wildman–Crippen LogP) is -0.0672. The average Bonchev–Trinajstić information content (AvgIpc) is 2.45. The van der Waals surface area contributed by atoms with Gasteiger partial charge in [-0.15, -0.1) is 0 Å². The number of phosphoric ester groups is 1. The van der Waals surface area contributed by atoms with Crippen molar-refractivity contribution in [1.29, 1.82) is 0 Å². The summed E-state index contributed by atoms with van der Waals surface area (Å²) in [7, 11) is -4.36. The summed E-state index contributed by atoms with van der Waals surface area (Å²) >= 11 is 0. The molecule has 0 saturated carbocycles. The van der Waals surface area contributed by atoms with E-state index < -0.39 is 38.7 Å². The third-order valence-electron chi connectivity index (χ3n) is 2.35. The first-order valence-corrected chi connectivity index (χ1v) is 8.49. The molecule has 136 valence electrons. The second-order valence-electron chi connectivity index (χ2n) is 4.51. The van der Waals surface area contributed by atoms with Gasteiger partial charge in [-0.1, -0.05) is 6.92 Å². The van der Waals surface area contributed by atoms with E-state index >= 15 is 0 Å². The van der Waals surface area contributed by atoms with Crippen LogP contribution in [-0.2, 0) is 32.7 Å². The number of nitrogens with one attached hydrogen (secondary N) is 1. The van der Waals surface area contributed by atoms with E-state index in [0.29, 0.717) is 6.42 Å². The SMILES string of the molecule is CCC(O)NCCOP(=O)(O)OCC(COC(C)=O)OC(C)=O. The van der Waals surface area contributed by atoms with Crippen LogP contribution in [-0.4, -0.2) is 60.6 Å². The fraction of sp³-hybridized carbons (Fsp3) is 0.833. The summed E-state index contributed by atoms with van der Waals surface area (Å²) < 4.78 is 30.4. The summed E-state index contributed by atoms with van der Waals surface area (Å²) in [6.07, 6.45) is -1.27. The molecule has 0 aromatic heterocycles. The summed E-state index contributed by atoms with van der Waals surface area (Å²) in [6.45, 7) is 3.25. The molecule has 0 saturated heterocycles. The predicted molar refractivity (Wildman–Crippen MR) is 78.2 cm³/mol. The fourth-order valence-electron chi connectivity index (χ4n) is 1.31. The van der Waals surface area contributed by atoms with Crippen molar-refractivity contribution in [2.24, 2.45) is 0 Å². The highest BCUT2D eigenvalue weighted by atomic mass is 31.2. The maximum atomic E-state index is 11.6. The van der Waals surface area contributed by atoms with Gasteiger partial charge < -0.3 is 19.5 Å². The minimum absolute atomic E-state index is 0.143.